The molecule has 0 aliphatic rings. The second kappa shape index (κ2) is 10.9. The minimum absolute atomic E-state index is 0.0213. The molecule has 0 saturated heterocycles. The van der Waals surface area contributed by atoms with Gasteiger partial charge in [-0.25, -0.2) is 8.42 Å². The number of rotatable bonds is 10. The summed E-state index contributed by atoms with van der Waals surface area (Å²) >= 11 is 0. The van der Waals surface area contributed by atoms with Gasteiger partial charge >= 0.3 is 5.97 Å². The van der Waals surface area contributed by atoms with Crippen molar-refractivity contribution in [1.29, 1.82) is 0 Å². The molecule has 0 aliphatic carbocycles. The Hall–Kier alpha value is -2.91. The highest BCUT2D eigenvalue weighted by molar-refractivity contribution is 7.89. The van der Waals surface area contributed by atoms with Gasteiger partial charge in [0.2, 0.25) is 15.9 Å². The van der Waals surface area contributed by atoms with Gasteiger partial charge in [0.1, 0.15) is 10.6 Å². The first-order chi connectivity index (χ1) is 14.7. The number of likely N-dealkylation sites (N-methyl/N-ethyl adjacent to an activating group) is 1. The molecule has 1 amide bonds. The Bertz CT molecular complexity index is 1020. The number of anilines is 1. The van der Waals surface area contributed by atoms with Crippen LogP contribution in [0.3, 0.4) is 0 Å². The van der Waals surface area contributed by atoms with Gasteiger partial charge in [0.05, 0.1) is 26.7 Å². The number of carbonyl (C=O) groups excluding carboxylic acids is 2. The fraction of sp³-hybridized carbons (Fsp3) is 0.364. The molecule has 0 heterocycles. The van der Waals surface area contributed by atoms with Gasteiger partial charge in [-0.15, -0.1) is 0 Å². The van der Waals surface area contributed by atoms with Gasteiger partial charge in [0.25, 0.3) is 0 Å². The number of hydrogen-bond donors (Lipinski definition) is 1. The Morgan fingerprint density at radius 3 is 2.32 bits per heavy atom. The van der Waals surface area contributed by atoms with E-state index in [1.807, 2.05) is 0 Å². The quantitative estimate of drug-likeness (QED) is 0.561. The summed E-state index contributed by atoms with van der Waals surface area (Å²) in [5.41, 5.74) is 2.02. The molecule has 0 aromatic heterocycles. The van der Waals surface area contributed by atoms with Crippen molar-refractivity contribution < 1.29 is 27.5 Å². The van der Waals surface area contributed by atoms with Gasteiger partial charge in [-0.2, -0.15) is 4.31 Å². The van der Waals surface area contributed by atoms with Crippen LogP contribution in [-0.4, -0.2) is 51.4 Å². The SMILES string of the molecule is CCOC(=O)Cc1ccc(NC(=O)CN(CC)S(=O)(=O)c2cc(C)ccc2OC)cc1. The Kier molecular flexibility index (Phi) is 8.58. The normalized spacial score (nSPS) is 11.3. The number of carbonyl (C=O) groups is 2. The summed E-state index contributed by atoms with van der Waals surface area (Å²) in [5.74, 6) is -0.577. The summed E-state index contributed by atoms with van der Waals surface area (Å²) in [5, 5.41) is 2.68. The van der Waals surface area contributed by atoms with Crippen LogP contribution >= 0.6 is 0 Å². The molecule has 0 fully saturated rings. The lowest BCUT2D eigenvalue weighted by atomic mass is 10.1. The average molecular weight is 449 g/mol. The molecule has 2 aromatic rings. The molecule has 31 heavy (non-hydrogen) atoms. The topological polar surface area (TPSA) is 102 Å². The van der Waals surface area contributed by atoms with Gasteiger partial charge in [0, 0.05) is 12.2 Å². The molecular weight excluding hydrogens is 420 g/mol. The summed E-state index contributed by atoms with van der Waals surface area (Å²) in [6.45, 7) is 5.28. The third-order valence-electron chi connectivity index (χ3n) is 4.50. The van der Waals surface area contributed by atoms with Crippen molar-refractivity contribution in [3.8, 4) is 5.75 Å². The third kappa shape index (κ3) is 6.53. The van der Waals surface area contributed by atoms with Crippen molar-refractivity contribution in [2.75, 3.05) is 32.1 Å². The number of aryl methyl sites for hydroxylation is 1. The first kappa shape index (κ1) is 24.4. The minimum atomic E-state index is -3.93. The van der Waals surface area contributed by atoms with Gasteiger partial charge in [-0.1, -0.05) is 25.1 Å². The summed E-state index contributed by atoms with van der Waals surface area (Å²) in [7, 11) is -2.53. The lowest BCUT2D eigenvalue weighted by Crippen LogP contribution is -2.38. The van der Waals surface area contributed by atoms with Gasteiger partial charge in [0.15, 0.2) is 0 Å². The molecule has 0 atom stereocenters. The maximum Gasteiger partial charge on any atom is 0.310 e. The maximum absolute atomic E-state index is 13.1. The lowest BCUT2D eigenvalue weighted by Gasteiger charge is -2.21. The van der Waals surface area contributed by atoms with Gasteiger partial charge in [-0.05, 0) is 49.2 Å². The smallest absolute Gasteiger partial charge is 0.310 e. The van der Waals surface area contributed by atoms with Gasteiger partial charge in [-0.3, -0.25) is 9.59 Å². The first-order valence-corrected chi connectivity index (χ1v) is 11.3. The lowest BCUT2D eigenvalue weighted by molar-refractivity contribution is -0.142. The van der Waals surface area contributed by atoms with Crippen LogP contribution in [0.15, 0.2) is 47.4 Å². The van der Waals surface area contributed by atoms with Crippen molar-refractivity contribution in [2.45, 2.75) is 32.1 Å². The highest BCUT2D eigenvalue weighted by atomic mass is 32.2. The zero-order valence-corrected chi connectivity index (χ0v) is 19.0. The first-order valence-electron chi connectivity index (χ1n) is 9.90. The molecular formula is C22H28N2O6S. The highest BCUT2D eigenvalue weighted by Gasteiger charge is 2.28. The van der Waals surface area contributed by atoms with E-state index in [4.69, 9.17) is 9.47 Å². The van der Waals surface area contributed by atoms with Crippen LogP contribution in [0.2, 0.25) is 0 Å². The van der Waals surface area contributed by atoms with E-state index in [0.717, 1.165) is 15.4 Å². The number of nitrogens with zero attached hydrogens (tertiary/aromatic N) is 1. The Labute approximate surface area is 183 Å². The number of benzene rings is 2. The maximum atomic E-state index is 13.1. The predicted molar refractivity (Wildman–Crippen MR) is 118 cm³/mol. The van der Waals surface area contributed by atoms with E-state index in [0.29, 0.717) is 12.3 Å². The molecule has 2 rings (SSSR count). The van der Waals surface area contributed by atoms with E-state index < -0.39 is 15.9 Å². The van der Waals surface area contributed by atoms with Gasteiger partial charge < -0.3 is 14.8 Å². The van der Waals surface area contributed by atoms with E-state index in [2.05, 4.69) is 5.32 Å². The van der Waals surface area contributed by atoms with Crippen molar-refractivity contribution in [3.63, 3.8) is 0 Å². The Morgan fingerprint density at radius 2 is 1.74 bits per heavy atom. The van der Waals surface area contributed by atoms with Crippen molar-refractivity contribution in [2.24, 2.45) is 0 Å². The van der Waals surface area contributed by atoms with Crippen LogP contribution in [0, 0.1) is 6.92 Å². The van der Waals surface area contributed by atoms with Crippen LogP contribution in [0.25, 0.3) is 0 Å². The number of sulfonamides is 1. The molecule has 0 spiro atoms. The Balaban J connectivity index is 2.09. The second-order valence-electron chi connectivity index (χ2n) is 6.81. The zero-order chi connectivity index (χ0) is 23.0. The zero-order valence-electron chi connectivity index (χ0n) is 18.2. The Morgan fingerprint density at radius 1 is 1.06 bits per heavy atom. The second-order valence-corrected chi connectivity index (χ2v) is 8.72. The predicted octanol–water partition coefficient (Wildman–Crippen LogP) is 2.76. The molecule has 168 valence electrons. The van der Waals surface area contributed by atoms with Crippen molar-refractivity contribution in [3.05, 3.63) is 53.6 Å². The summed E-state index contributed by atoms with van der Waals surface area (Å²) in [4.78, 5) is 24.1. The average Bonchev–Trinajstić information content (AvgIpc) is 2.73. The monoisotopic (exact) mass is 448 g/mol. The third-order valence-corrected chi connectivity index (χ3v) is 6.44. The number of esters is 1. The number of hydrogen-bond acceptors (Lipinski definition) is 6. The van der Waals surface area contributed by atoms with Crippen LogP contribution in [0.5, 0.6) is 5.75 Å². The minimum Gasteiger partial charge on any atom is -0.495 e. The van der Waals surface area contributed by atoms with E-state index in [1.54, 1.807) is 57.2 Å². The van der Waals surface area contributed by atoms with Crippen molar-refractivity contribution >= 4 is 27.6 Å². The number of nitrogens with one attached hydrogen (secondary N) is 1. The van der Waals surface area contributed by atoms with Crippen LogP contribution in [-0.2, 0) is 30.8 Å². The highest BCUT2D eigenvalue weighted by Crippen LogP contribution is 2.27. The fourth-order valence-corrected chi connectivity index (χ4v) is 4.58. The molecule has 9 heteroatoms. The number of methoxy groups -OCH3 is 1. The van der Waals surface area contributed by atoms with E-state index in [-0.39, 0.29) is 36.1 Å². The van der Waals surface area contributed by atoms with Crippen LogP contribution < -0.4 is 10.1 Å². The van der Waals surface area contributed by atoms with Crippen LogP contribution in [0.4, 0.5) is 5.69 Å². The molecule has 0 aliphatic heterocycles. The van der Waals surface area contributed by atoms with Crippen molar-refractivity contribution in [1.82, 2.24) is 4.31 Å². The standard InChI is InChI=1S/C22H28N2O6S/c1-5-24(31(27,28)20-13-16(3)7-12-19(20)29-4)15-21(25)23-18-10-8-17(9-11-18)14-22(26)30-6-2/h7-13H,5-6,14-15H2,1-4H3,(H,23,25). The molecule has 8 nitrogen and oxygen atoms in total. The van der Waals surface area contributed by atoms with E-state index in [9.17, 15) is 18.0 Å². The molecule has 0 unspecified atom stereocenters. The summed E-state index contributed by atoms with van der Waals surface area (Å²) < 4.78 is 37.4. The van der Waals surface area contributed by atoms with E-state index >= 15 is 0 Å². The fourth-order valence-electron chi connectivity index (χ4n) is 2.94. The van der Waals surface area contributed by atoms with E-state index in [1.165, 1.54) is 13.2 Å². The summed E-state index contributed by atoms with van der Waals surface area (Å²) in [6.07, 6.45) is 0.141. The largest absolute Gasteiger partial charge is 0.495 e. The molecule has 0 radical (unpaired) electrons. The summed E-state index contributed by atoms with van der Waals surface area (Å²) in [6, 6.07) is 11.6. The number of ether oxygens (including phenoxy) is 2. The molecule has 0 saturated carbocycles. The molecule has 2 aromatic carbocycles. The number of amides is 1. The van der Waals surface area contributed by atoms with Crippen LogP contribution in [0.1, 0.15) is 25.0 Å². The molecule has 0 bridgehead atoms. The molecule has 1 N–H and O–H groups in total.